The fraction of sp³-hybridized carbons (Fsp3) is 0.923. The summed E-state index contributed by atoms with van der Waals surface area (Å²) in [5.41, 5.74) is 0. The number of ether oxygens (including phenoxy) is 2. The highest BCUT2D eigenvalue weighted by atomic mass is 16.5. The molecular weight excluding hydrogens is 220 g/mol. The predicted octanol–water partition coefficient (Wildman–Crippen LogP) is 1.79. The van der Waals surface area contributed by atoms with Gasteiger partial charge in [-0.15, -0.1) is 0 Å². The third-order valence-electron chi connectivity index (χ3n) is 3.66. The molecule has 17 heavy (non-hydrogen) atoms. The van der Waals surface area contributed by atoms with E-state index in [9.17, 15) is 4.79 Å². The molecule has 1 N–H and O–H groups in total. The normalized spacial score (nSPS) is 33.0. The molecule has 2 aliphatic heterocycles. The van der Waals surface area contributed by atoms with E-state index in [0.717, 1.165) is 44.9 Å². The Morgan fingerprint density at radius 1 is 1.06 bits per heavy atom. The molecule has 2 aliphatic rings. The van der Waals surface area contributed by atoms with Crippen molar-refractivity contribution in [3.8, 4) is 0 Å². The van der Waals surface area contributed by atoms with Crippen LogP contribution in [0.15, 0.2) is 0 Å². The van der Waals surface area contributed by atoms with Gasteiger partial charge in [-0.1, -0.05) is 0 Å². The average Bonchev–Trinajstić information content (AvgIpc) is 2.93. The van der Waals surface area contributed by atoms with Crippen molar-refractivity contribution in [2.75, 3.05) is 6.61 Å². The van der Waals surface area contributed by atoms with Gasteiger partial charge in [0.2, 0.25) is 0 Å². The lowest BCUT2D eigenvalue weighted by molar-refractivity contribution is -0.141. The second-order valence-corrected chi connectivity index (χ2v) is 5.05. The number of esters is 1. The van der Waals surface area contributed by atoms with Gasteiger partial charge in [-0.3, -0.25) is 4.79 Å². The van der Waals surface area contributed by atoms with Crippen molar-refractivity contribution < 1.29 is 19.4 Å². The monoisotopic (exact) mass is 242 g/mol. The highest BCUT2D eigenvalue weighted by Gasteiger charge is 2.28. The van der Waals surface area contributed by atoms with Crippen molar-refractivity contribution in [1.29, 1.82) is 0 Å². The minimum absolute atomic E-state index is 0.0526. The van der Waals surface area contributed by atoms with Crippen LogP contribution in [-0.4, -0.2) is 36.0 Å². The van der Waals surface area contributed by atoms with Crippen LogP contribution in [-0.2, 0) is 14.3 Å². The van der Waals surface area contributed by atoms with Gasteiger partial charge in [-0.05, 0) is 44.9 Å². The van der Waals surface area contributed by atoms with Crippen molar-refractivity contribution in [3.63, 3.8) is 0 Å². The van der Waals surface area contributed by atoms with Crippen LogP contribution in [0.4, 0.5) is 0 Å². The average molecular weight is 242 g/mol. The van der Waals surface area contributed by atoms with E-state index in [0.29, 0.717) is 18.6 Å². The zero-order chi connectivity index (χ0) is 12.1. The summed E-state index contributed by atoms with van der Waals surface area (Å²) in [5, 5.41) is 8.76. The van der Waals surface area contributed by atoms with Crippen LogP contribution in [0, 0.1) is 0 Å². The molecule has 2 rings (SSSR count). The van der Waals surface area contributed by atoms with Crippen LogP contribution < -0.4 is 0 Å². The number of aliphatic hydroxyl groups excluding tert-OH is 1. The summed E-state index contributed by atoms with van der Waals surface area (Å²) in [6, 6.07) is 0. The number of hydrogen-bond donors (Lipinski definition) is 1. The molecule has 0 bridgehead atoms. The smallest absolute Gasteiger partial charge is 0.306 e. The second kappa shape index (κ2) is 6.36. The third kappa shape index (κ3) is 3.96. The lowest BCUT2D eigenvalue weighted by Crippen LogP contribution is -2.15. The lowest BCUT2D eigenvalue weighted by atomic mass is 10.0. The third-order valence-corrected chi connectivity index (χ3v) is 3.66. The van der Waals surface area contributed by atoms with Crippen LogP contribution in [0.1, 0.15) is 51.4 Å². The van der Waals surface area contributed by atoms with E-state index < -0.39 is 0 Å². The van der Waals surface area contributed by atoms with E-state index in [1.54, 1.807) is 0 Å². The van der Waals surface area contributed by atoms with E-state index in [4.69, 9.17) is 14.6 Å². The van der Waals surface area contributed by atoms with E-state index in [-0.39, 0.29) is 18.7 Å². The Hall–Kier alpha value is -0.610. The maximum absolute atomic E-state index is 10.9. The molecule has 0 aromatic rings. The van der Waals surface area contributed by atoms with E-state index in [1.165, 1.54) is 0 Å². The standard InChI is InChI=1S/C13H22O4/c14-9-1-2-10-3-4-11(16-10)5-6-12-7-8-13(15)17-12/h10-12,14H,1-9H2/t10?,11-,12?/m1/s1. The minimum atomic E-state index is -0.0526. The Balaban J connectivity index is 1.59. The molecule has 0 spiro atoms. The molecule has 0 amide bonds. The summed E-state index contributed by atoms with van der Waals surface area (Å²) in [6.45, 7) is 0.253. The van der Waals surface area contributed by atoms with Gasteiger partial charge in [0, 0.05) is 13.0 Å². The Bertz CT molecular complexity index is 254. The van der Waals surface area contributed by atoms with Gasteiger partial charge in [-0.25, -0.2) is 0 Å². The molecule has 4 nitrogen and oxygen atoms in total. The Morgan fingerprint density at radius 3 is 2.41 bits per heavy atom. The number of rotatable bonds is 6. The molecule has 4 heteroatoms. The van der Waals surface area contributed by atoms with E-state index in [1.807, 2.05) is 0 Å². The van der Waals surface area contributed by atoms with Crippen LogP contribution in [0.25, 0.3) is 0 Å². The molecule has 98 valence electrons. The maximum Gasteiger partial charge on any atom is 0.306 e. The molecule has 0 saturated carbocycles. The fourth-order valence-electron chi connectivity index (χ4n) is 2.68. The van der Waals surface area contributed by atoms with Gasteiger partial charge in [0.15, 0.2) is 0 Å². The quantitative estimate of drug-likeness (QED) is 0.721. The molecule has 2 heterocycles. The van der Waals surface area contributed by atoms with Crippen LogP contribution in [0.5, 0.6) is 0 Å². The Kier molecular flexibility index (Phi) is 4.80. The molecule has 0 radical (unpaired) electrons. The van der Waals surface area contributed by atoms with Crippen molar-refractivity contribution in [3.05, 3.63) is 0 Å². The van der Waals surface area contributed by atoms with E-state index >= 15 is 0 Å². The zero-order valence-corrected chi connectivity index (χ0v) is 10.3. The van der Waals surface area contributed by atoms with Crippen molar-refractivity contribution in [2.24, 2.45) is 0 Å². The molecule has 2 unspecified atom stereocenters. The summed E-state index contributed by atoms with van der Waals surface area (Å²) < 4.78 is 11.1. The van der Waals surface area contributed by atoms with Crippen LogP contribution in [0.3, 0.4) is 0 Å². The molecule has 0 aromatic carbocycles. The topological polar surface area (TPSA) is 55.8 Å². The van der Waals surface area contributed by atoms with Gasteiger partial charge in [0.05, 0.1) is 12.2 Å². The lowest BCUT2D eigenvalue weighted by Gasteiger charge is -2.15. The van der Waals surface area contributed by atoms with Gasteiger partial charge < -0.3 is 14.6 Å². The predicted molar refractivity (Wildman–Crippen MR) is 62.6 cm³/mol. The zero-order valence-electron chi connectivity index (χ0n) is 10.3. The summed E-state index contributed by atoms with van der Waals surface area (Å²) in [6.07, 6.45) is 8.18. The maximum atomic E-state index is 10.9. The van der Waals surface area contributed by atoms with Crippen LogP contribution >= 0.6 is 0 Å². The number of hydrogen-bond acceptors (Lipinski definition) is 4. The van der Waals surface area contributed by atoms with Crippen molar-refractivity contribution >= 4 is 5.97 Å². The highest BCUT2D eigenvalue weighted by molar-refractivity contribution is 5.71. The fourth-order valence-corrected chi connectivity index (χ4v) is 2.68. The highest BCUT2D eigenvalue weighted by Crippen LogP contribution is 2.28. The summed E-state index contributed by atoms with van der Waals surface area (Å²) in [7, 11) is 0. The van der Waals surface area contributed by atoms with E-state index in [2.05, 4.69) is 0 Å². The first kappa shape index (κ1) is 12.8. The second-order valence-electron chi connectivity index (χ2n) is 5.05. The largest absolute Gasteiger partial charge is 0.462 e. The van der Waals surface area contributed by atoms with Crippen LogP contribution in [0.2, 0.25) is 0 Å². The molecule has 2 saturated heterocycles. The van der Waals surface area contributed by atoms with Crippen molar-refractivity contribution in [1.82, 2.24) is 0 Å². The first-order valence-corrected chi connectivity index (χ1v) is 6.73. The van der Waals surface area contributed by atoms with Gasteiger partial charge >= 0.3 is 5.97 Å². The number of aliphatic hydroxyl groups is 1. The van der Waals surface area contributed by atoms with Gasteiger partial charge in [0.1, 0.15) is 6.10 Å². The number of carbonyl (C=O) groups excluding carboxylic acids is 1. The summed E-state index contributed by atoms with van der Waals surface area (Å²) in [5.74, 6) is -0.0526. The first-order valence-electron chi connectivity index (χ1n) is 6.73. The molecular formula is C13H22O4. The SMILES string of the molecule is O=C1CCC(CC[C@H]2CCC(CCCO)O2)O1. The minimum Gasteiger partial charge on any atom is -0.462 e. The summed E-state index contributed by atoms with van der Waals surface area (Å²) >= 11 is 0. The van der Waals surface area contributed by atoms with Gasteiger partial charge in [0.25, 0.3) is 0 Å². The molecule has 3 atom stereocenters. The Morgan fingerprint density at radius 2 is 1.76 bits per heavy atom. The first-order chi connectivity index (χ1) is 8.28. The molecule has 2 fully saturated rings. The Labute approximate surface area is 102 Å². The molecule has 0 aromatic heterocycles. The number of carbonyl (C=O) groups is 1. The van der Waals surface area contributed by atoms with Crippen molar-refractivity contribution in [2.45, 2.75) is 69.7 Å². The van der Waals surface area contributed by atoms with Gasteiger partial charge in [-0.2, -0.15) is 0 Å². The molecule has 0 aliphatic carbocycles. The summed E-state index contributed by atoms with van der Waals surface area (Å²) in [4.78, 5) is 10.9. The number of cyclic esters (lactones) is 1.